The minimum Gasteiger partial charge on any atom is -0.377 e. The number of likely N-dealkylation sites (N-methyl/N-ethyl adjacent to an activating group) is 1. The van der Waals surface area contributed by atoms with Crippen molar-refractivity contribution in [1.29, 1.82) is 0 Å². The van der Waals surface area contributed by atoms with Crippen LogP contribution >= 0.6 is 0 Å². The molecule has 2 fully saturated rings. The van der Waals surface area contributed by atoms with Crippen molar-refractivity contribution in [1.82, 2.24) is 19.6 Å². The highest BCUT2D eigenvalue weighted by molar-refractivity contribution is 5.76. The van der Waals surface area contributed by atoms with Gasteiger partial charge in [-0.1, -0.05) is 20.8 Å². The summed E-state index contributed by atoms with van der Waals surface area (Å²) in [5.74, 6) is 1.01. The van der Waals surface area contributed by atoms with Gasteiger partial charge < -0.3 is 10.0 Å². The molecule has 6 heteroatoms. The Morgan fingerprint density at radius 1 is 1.07 bits per heavy atom. The molecule has 2 saturated heterocycles. The van der Waals surface area contributed by atoms with Crippen molar-refractivity contribution in [2.24, 2.45) is 11.3 Å². The monoisotopic (exact) mass is 396 g/mol. The van der Waals surface area contributed by atoms with Gasteiger partial charge in [-0.15, -0.1) is 0 Å². The van der Waals surface area contributed by atoms with Crippen molar-refractivity contribution < 1.29 is 9.90 Å². The highest BCUT2D eigenvalue weighted by Gasteiger charge is 2.33. The Labute approximate surface area is 172 Å². The maximum Gasteiger partial charge on any atom is 0.223 e. The van der Waals surface area contributed by atoms with Crippen LogP contribution in [0.3, 0.4) is 0 Å². The predicted molar refractivity (Wildman–Crippen MR) is 115 cm³/mol. The standard InChI is InChI=1S/C22H44N4O2/c1-17-14-26(16-21(28)23(6)7)18(2)13-25(17)15-19-8-10-24(11-9-19)20(27)12-22(3,4)5/h17-19,21,28H,8-16H2,1-7H3/t17-,18+,21?/m0/s1. The van der Waals surface area contributed by atoms with Crippen LogP contribution in [0.5, 0.6) is 0 Å². The molecule has 2 rings (SSSR count). The van der Waals surface area contributed by atoms with Gasteiger partial charge in [0.15, 0.2) is 0 Å². The zero-order valence-corrected chi connectivity index (χ0v) is 19.3. The Balaban J connectivity index is 1.78. The predicted octanol–water partition coefficient (Wildman–Crippen LogP) is 1.94. The molecule has 0 aromatic heterocycles. The summed E-state index contributed by atoms with van der Waals surface area (Å²) < 4.78 is 0. The van der Waals surface area contributed by atoms with Crippen molar-refractivity contribution in [3.05, 3.63) is 0 Å². The first kappa shape index (κ1) is 23.6. The van der Waals surface area contributed by atoms with E-state index in [0.29, 0.717) is 36.9 Å². The Morgan fingerprint density at radius 3 is 2.14 bits per heavy atom. The van der Waals surface area contributed by atoms with E-state index in [1.807, 2.05) is 19.0 Å². The van der Waals surface area contributed by atoms with Crippen molar-refractivity contribution >= 4 is 5.91 Å². The van der Waals surface area contributed by atoms with Gasteiger partial charge in [0, 0.05) is 57.8 Å². The third kappa shape index (κ3) is 6.97. The van der Waals surface area contributed by atoms with Crippen molar-refractivity contribution in [2.75, 3.05) is 53.4 Å². The van der Waals surface area contributed by atoms with Crippen LogP contribution < -0.4 is 0 Å². The van der Waals surface area contributed by atoms with E-state index < -0.39 is 6.23 Å². The lowest BCUT2D eigenvalue weighted by molar-refractivity contribution is -0.134. The fourth-order valence-corrected chi connectivity index (χ4v) is 4.41. The number of likely N-dealkylation sites (tertiary alicyclic amines) is 1. The van der Waals surface area contributed by atoms with E-state index in [4.69, 9.17) is 0 Å². The Hall–Kier alpha value is -0.690. The number of piperazine rings is 1. The van der Waals surface area contributed by atoms with Gasteiger partial charge in [0.25, 0.3) is 0 Å². The lowest BCUT2D eigenvalue weighted by atomic mass is 9.90. The van der Waals surface area contributed by atoms with Crippen LogP contribution in [0, 0.1) is 11.3 Å². The molecule has 1 amide bonds. The molecular weight excluding hydrogens is 352 g/mol. The second kappa shape index (κ2) is 9.88. The van der Waals surface area contributed by atoms with Crippen LogP contribution in [0.2, 0.25) is 0 Å². The molecule has 2 aliphatic rings. The van der Waals surface area contributed by atoms with Gasteiger partial charge in [-0.25, -0.2) is 0 Å². The average Bonchev–Trinajstić information content (AvgIpc) is 2.58. The molecule has 0 aliphatic carbocycles. The summed E-state index contributed by atoms with van der Waals surface area (Å²) in [6.07, 6.45) is 2.48. The molecule has 2 aliphatic heterocycles. The summed E-state index contributed by atoms with van der Waals surface area (Å²) >= 11 is 0. The third-order valence-electron chi connectivity index (χ3n) is 6.38. The van der Waals surface area contributed by atoms with E-state index >= 15 is 0 Å². The van der Waals surface area contributed by atoms with Crippen molar-refractivity contribution in [3.8, 4) is 0 Å². The van der Waals surface area contributed by atoms with Crippen LogP contribution in [0.4, 0.5) is 0 Å². The van der Waals surface area contributed by atoms with Gasteiger partial charge in [-0.05, 0) is 52.1 Å². The lowest BCUT2D eigenvalue weighted by Gasteiger charge is -2.46. The molecule has 6 nitrogen and oxygen atoms in total. The lowest BCUT2D eigenvalue weighted by Crippen LogP contribution is -2.59. The summed E-state index contributed by atoms with van der Waals surface area (Å²) in [6.45, 7) is 16.7. The molecule has 0 aromatic rings. The summed E-state index contributed by atoms with van der Waals surface area (Å²) in [4.78, 5) is 21.5. The van der Waals surface area contributed by atoms with Gasteiger partial charge >= 0.3 is 0 Å². The zero-order valence-electron chi connectivity index (χ0n) is 19.3. The number of amides is 1. The normalized spacial score (nSPS) is 27.4. The molecule has 3 atom stereocenters. The number of hydrogen-bond acceptors (Lipinski definition) is 5. The summed E-state index contributed by atoms with van der Waals surface area (Å²) in [7, 11) is 3.85. The SMILES string of the molecule is C[C@@H]1CN(CC2CCN(C(=O)CC(C)(C)C)CC2)[C@@H](C)CN1CC(O)N(C)C. The topological polar surface area (TPSA) is 50.3 Å². The number of aliphatic hydroxyl groups is 1. The second-order valence-electron chi connectivity index (χ2n) is 10.6. The van der Waals surface area contributed by atoms with Crippen LogP contribution in [0.1, 0.15) is 53.9 Å². The number of aliphatic hydroxyl groups excluding tert-OH is 1. The van der Waals surface area contributed by atoms with E-state index in [1.165, 1.54) is 0 Å². The Bertz CT molecular complexity index is 497. The van der Waals surface area contributed by atoms with E-state index in [1.54, 1.807) is 0 Å². The fourth-order valence-electron chi connectivity index (χ4n) is 4.41. The number of nitrogens with zero attached hydrogens (tertiary/aromatic N) is 4. The largest absolute Gasteiger partial charge is 0.377 e. The third-order valence-corrected chi connectivity index (χ3v) is 6.38. The average molecular weight is 397 g/mol. The summed E-state index contributed by atoms with van der Waals surface area (Å²) in [5.41, 5.74) is 0.0688. The van der Waals surface area contributed by atoms with E-state index in [2.05, 4.69) is 49.3 Å². The minimum absolute atomic E-state index is 0.0688. The molecule has 0 spiro atoms. The number of rotatable bonds is 6. The molecule has 1 N–H and O–H groups in total. The van der Waals surface area contributed by atoms with Gasteiger partial charge in [0.2, 0.25) is 5.91 Å². The number of carbonyl (C=O) groups is 1. The number of carbonyl (C=O) groups excluding carboxylic acids is 1. The van der Waals surface area contributed by atoms with Crippen LogP contribution in [0.15, 0.2) is 0 Å². The maximum atomic E-state index is 12.5. The molecule has 0 radical (unpaired) electrons. The maximum absolute atomic E-state index is 12.5. The Kier molecular flexibility index (Phi) is 8.32. The number of piperidine rings is 1. The molecule has 28 heavy (non-hydrogen) atoms. The van der Waals surface area contributed by atoms with E-state index in [0.717, 1.165) is 45.6 Å². The highest BCUT2D eigenvalue weighted by atomic mass is 16.3. The van der Waals surface area contributed by atoms with E-state index in [-0.39, 0.29) is 5.41 Å². The van der Waals surface area contributed by atoms with Gasteiger partial charge in [0.05, 0.1) is 0 Å². The zero-order chi connectivity index (χ0) is 21.1. The molecule has 0 aromatic carbocycles. The van der Waals surface area contributed by atoms with Crippen LogP contribution in [-0.2, 0) is 4.79 Å². The van der Waals surface area contributed by atoms with Gasteiger partial charge in [0.1, 0.15) is 6.23 Å². The quantitative estimate of drug-likeness (QED) is 0.696. The first-order valence-electron chi connectivity index (χ1n) is 11.1. The van der Waals surface area contributed by atoms with Crippen LogP contribution in [-0.4, -0.2) is 102 Å². The molecule has 2 heterocycles. The Morgan fingerprint density at radius 2 is 1.61 bits per heavy atom. The molecule has 1 unspecified atom stereocenters. The number of β-amino-alcohol motifs (C(OH)–C–C–N with tert-alkyl or cyclic N) is 1. The highest BCUT2D eigenvalue weighted by Crippen LogP contribution is 2.25. The first-order valence-corrected chi connectivity index (χ1v) is 11.1. The van der Waals surface area contributed by atoms with Crippen molar-refractivity contribution in [3.63, 3.8) is 0 Å². The summed E-state index contributed by atoms with van der Waals surface area (Å²) in [5, 5.41) is 10.2. The molecule has 0 saturated carbocycles. The second-order valence-corrected chi connectivity index (χ2v) is 10.6. The minimum atomic E-state index is -0.406. The van der Waals surface area contributed by atoms with Crippen LogP contribution in [0.25, 0.3) is 0 Å². The number of hydrogen-bond donors (Lipinski definition) is 1. The van der Waals surface area contributed by atoms with Gasteiger partial charge in [-0.2, -0.15) is 0 Å². The molecule has 0 bridgehead atoms. The first-order chi connectivity index (χ1) is 13.0. The fraction of sp³-hybridized carbons (Fsp3) is 0.955. The molecular formula is C22H44N4O2. The van der Waals surface area contributed by atoms with Gasteiger partial charge in [-0.3, -0.25) is 19.5 Å². The summed E-state index contributed by atoms with van der Waals surface area (Å²) in [6, 6.07) is 0.963. The smallest absolute Gasteiger partial charge is 0.223 e. The van der Waals surface area contributed by atoms with Crippen molar-refractivity contribution in [2.45, 2.75) is 72.2 Å². The van der Waals surface area contributed by atoms with E-state index in [9.17, 15) is 9.90 Å². The molecule has 164 valence electrons.